The molecule has 0 spiro atoms. The van der Waals surface area contributed by atoms with Crippen LogP contribution in [0.25, 0.3) is 0 Å². The zero-order valence-electron chi connectivity index (χ0n) is 15.4. The summed E-state index contributed by atoms with van der Waals surface area (Å²) in [5, 5.41) is 11.4. The number of nitrogens with zero attached hydrogens (tertiary/aromatic N) is 1. The average molecular weight is 325 g/mol. The second-order valence-electron chi connectivity index (χ2n) is 8.25. The lowest BCUT2D eigenvalue weighted by Gasteiger charge is -2.31. The molecule has 0 unspecified atom stereocenters. The Balaban J connectivity index is 2.50. The van der Waals surface area contributed by atoms with Gasteiger partial charge in [0.25, 0.3) is 0 Å². The largest absolute Gasteiger partial charge is 0.289 e. The Morgan fingerprint density at radius 3 is 1.75 bits per heavy atom. The minimum atomic E-state index is -0.256. The molecule has 1 aliphatic carbocycles. The van der Waals surface area contributed by atoms with Crippen molar-refractivity contribution in [2.45, 2.75) is 41.5 Å². The standard InChI is InChI=1S/C21H27NO2/c1-20(2,3)17-12-15(13-18(19(17)23)21(4,5)6)14-22(24)16-10-8-7-9-11-16/h7-14,24H,1-6H3. The van der Waals surface area contributed by atoms with Crippen molar-refractivity contribution in [1.82, 2.24) is 0 Å². The Morgan fingerprint density at radius 2 is 1.33 bits per heavy atom. The minimum Gasteiger partial charge on any atom is -0.289 e. The Hall–Kier alpha value is -2.13. The molecule has 128 valence electrons. The summed E-state index contributed by atoms with van der Waals surface area (Å²) in [5.74, 6) is 0.0938. The van der Waals surface area contributed by atoms with Gasteiger partial charge in [0.2, 0.25) is 0 Å². The molecule has 1 aromatic carbocycles. The van der Waals surface area contributed by atoms with Crippen LogP contribution in [0, 0.1) is 10.8 Å². The zero-order chi connectivity index (χ0) is 18.1. The van der Waals surface area contributed by atoms with Crippen LogP contribution in [-0.2, 0) is 4.79 Å². The highest BCUT2D eigenvalue weighted by molar-refractivity contribution is 6.11. The number of hydrogen-bond donors (Lipinski definition) is 1. The van der Waals surface area contributed by atoms with E-state index in [9.17, 15) is 10.0 Å². The smallest absolute Gasteiger partial charge is 0.186 e. The van der Waals surface area contributed by atoms with E-state index < -0.39 is 0 Å². The Bertz CT molecular complexity index is 674. The van der Waals surface area contributed by atoms with Crippen LogP contribution < -0.4 is 5.06 Å². The van der Waals surface area contributed by atoms with Gasteiger partial charge in [0.05, 0.1) is 5.69 Å². The van der Waals surface area contributed by atoms with Crippen molar-refractivity contribution < 1.29 is 10.0 Å². The number of anilines is 1. The number of ketones is 1. The lowest BCUT2D eigenvalue weighted by Crippen LogP contribution is -2.28. The van der Waals surface area contributed by atoms with Gasteiger partial charge in [-0.1, -0.05) is 59.7 Å². The van der Waals surface area contributed by atoms with Gasteiger partial charge in [-0.3, -0.25) is 10.0 Å². The Labute approximate surface area is 145 Å². The van der Waals surface area contributed by atoms with Crippen LogP contribution in [0.15, 0.2) is 65.4 Å². The molecule has 1 aliphatic rings. The second-order valence-corrected chi connectivity index (χ2v) is 8.25. The number of carbonyl (C=O) groups is 1. The van der Waals surface area contributed by atoms with Crippen LogP contribution in [0.1, 0.15) is 41.5 Å². The lowest BCUT2D eigenvalue weighted by atomic mass is 9.72. The third kappa shape index (κ3) is 4.04. The molecule has 0 aromatic heterocycles. The normalized spacial score (nSPS) is 15.8. The summed E-state index contributed by atoms with van der Waals surface area (Å²) in [7, 11) is 0. The van der Waals surface area contributed by atoms with Crippen molar-refractivity contribution >= 4 is 11.5 Å². The summed E-state index contributed by atoms with van der Waals surface area (Å²) in [6.45, 7) is 12.2. The molecule has 0 saturated heterocycles. The lowest BCUT2D eigenvalue weighted by molar-refractivity contribution is -0.114. The third-order valence-corrected chi connectivity index (χ3v) is 4.02. The molecule has 0 aliphatic heterocycles. The first-order chi connectivity index (χ1) is 11.0. The van der Waals surface area contributed by atoms with Gasteiger partial charge in [-0.15, -0.1) is 0 Å². The monoisotopic (exact) mass is 325 g/mol. The van der Waals surface area contributed by atoms with E-state index in [1.807, 2.05) is 84.0 Å². The fourth-order valence-electron chi connectivity index (χ4n) is 2.64. The fraction of sp³-hybridized carbons (Fsp3) is 0.381. The maximum atomic E-state index is 12.9. The summed E-state index contributed by atoms with van der Waals surface area (Å²) in [5.41, 5.74) is 2.52. The van der Waals surface area contributed by atoms with Crippen LogP contribution in [0.3, 0.4) is 0 Å². The summed E-state index contributed by atoms with van der Waals surface area (Å²) in [6, 6.07) is 9.29. The van der Waals surface area contributed by atoms with Crippen molar-refractivity contribution in [2.75, 3.05) is 5.06 Å². The first-order valence-electron chi connectivity index (χ1n) is 8.24. The van der Waals surface area contributed by atoms with Crippen molar-refractivity contribution in [3.8, 4) is 0 Å². The van der Waals surface area contributed by atoms with Crippen molar-refractivity contribution in [3.05, 3.63) is 65.4 Å². The Morgan fingerprint density at radius 1 is 0.875 bits per heavy atom. The second kappa shape index (κ2) is 6.40. The van der Waals surface area contributed by atoms with Gasteiger partial charge in [-0.2, -0.15) is 0 Å². The number of para-hydroxylation sites is 1. The summed E-state index contributed by atoms with van der Waals surface area (Å²) in [6.07, 6.45) is 5.41. The highest BCUT2D eigenvalue weighted by Gasteiger charge is 2.34. The van der Waals surface area contributed by atoms with Crippen molar-refractivity contribution in [3.63, 3.8) is 0 Å². The molecular formula is C21H27NO2. The van der Waals surface area contributed by atoms with Crippen LogP contribution in [0.5, 0.6) is 0 Å². The van der Waals surface area contributed by atoms with E-state index in [2.05, 4.69) is 0 Å². The molecular weight excluding hydrogens is 298 g/mol. The maximum absolute atomic E-state index is 12.9. The van der Waals surface area contributed by atoms with E-state index in [0.29, 0.717) is 5.69 Å². The quantitative estimate of drug-likeness (QED) is 0.751. The van der Waals surface area contributed by atoms with E-state index in [4.69, 9.17) is 0 Å². The van der Waals surface area contributed by atoms with E-state index in [1.165, 1.54) is 0 Å². The first kappa shape index (κ1) is 18.2. The molecule has 0 heterocycles. The zero-order valence-corrected chi connectivity index (χ0v) is 15.4. The van der Waals surface area contributed by atoms with Crippen LogP contribution >= 0.6 is 0 Å². The maximum Gasteiger partial charge on any atom is 0.186 e. The minimum absolute atomic E-state index is 0.0938. The number of carbonyl (C=O) groups excluding carboxylic acids is 1. The van der Waals surface area contributed by atoms with E-state index in [1.54, 1.807) is 6.20 Å². The van der Waals surface area contributed by atoms with Gasteiger partial charge < -0.3 is 0 Å². The predicted molar refractivity (Wildman–Crippen MR) is 98.9 cm³/mol. The van der Waals surface area contributed by atoms with Gasteiger partial charge in [0.15, 0.2) is 5.78 Å². The molecule has 0 saturated carbocycles. The van der Waals surface area contributed by atoms with E-state index in [0.717, 1.165) is 21.8 Å². The molecule has 0 bridgehead atoms. The number of allylic oxidation sites excluding steroid dienone is 5. The van der Waals surface area contributed by atoms with Crippen molar-refractivity contribution in [1.29, 1.82) is 0 Å². The van der Waals surface area contributed by atoms with Crippen LogP contribution in [0.4, 0.5) is 5.69 Å². The molecule has 3 nitrogen and oxygen atoms in total. The molecule has 1 aromatic rings. The average Bonchev–Trinajstić information content (AvgIpc) is 2.47. The van der Waals surface area contributed by atoms with E-state index >= 15 is 0 Å². The van der Waals surface area contributed by atoms with Gasteiger partial charge in [0, 0.05) is 17.3 Å². The highest BCUT2D eigenvalue weighted by Crippen LogP contribution is 2.38. The molecule has 0 atom stereocenters. The molecule has 2 rings (SSSR count). The molecule has 24 heavy (non-hydrogen) atoms. The molecule has 0 radical (unpaired) electrons. The summed E-state index contributed by atoms with van der Waals surface area (Å²) < 4.78 is 0. The number of Topliss-reactive ketones (excluding diaryl/α,β-unsaturated/α-hetero) is 1. The summed E-state index contributed by atoms with van der Waals surface area (Å²) in [4.78, 5) is 12.9. The van der Waals surface area contributed by atoms with Gasteiger partial charge in [-0.05, 0) is 40.7 Å². The number of rotatable bonds is 2. The van der Waals surface area contributed by atoms with Gasteiger partial charge in [-0.25, -0.2) is 5.06 Å². The number of hydroxylamine groups is 1. The first-order valence-corrected chi connectivity index (χ1v) is 8.24. The third-order valence-electron chi connectivity index (χ3n) is 4.02. The Kier molecular flexibility index (Phi) is 4.86. The molecule has 3 heteroatoms. The van der Waals surface area contributed by atoms with Gasteiger partial charge >= 0.3 is 0 Å². The van der Waals surface area contributed by atoms with Gasteiger partial charge in [0.1, 0.15) is 0 Å². The topological polar surface area (TPSA) is 40.5 Å². The van der Waals surface area contributed by atoms with Crippen molar-refractivity contribution in [2.24, 2.45) is 10.8 Å². The highest BCUT2D eigenvalue weighted by atomic mass is 16.5. The molecule has 1 N–H and O–H groups in total. The predicted octanol–water partition coefficient (Wildman–Crippen LogP) is 5.29. The molecule has 0 fully saturated rings. The van der Waals surface area contributed by atoms with Crippen LogP contribution in [0.2, 0.25) is 0 Å². The van der Waals surface area contributed by atoms with Crippen LogP contribution in [-0.4, -0.2) is 11.0 Å². The van der Waals surface area contributed by atoms with E-state index in [-0.39, 0.29) is 16.6 Å². The SMILES string of the molecule is CC(C)(C)C1=CC(=CN(O)c2ccccc2)C=C(C(C)(C)C)C1=O. The fourth-order valence-corrected chi connectivity index (χ4v) is 2.64. The summed E-state index contributed by atoms with van der Waals surface area (Å²) >= 11 is 0. The molecule has 0 amide bonds. The number of hydrogen-bond acceptors (Lipinski definition) is 3. The number of benzene rings is 1.